The number of rotatable bonds is 2. The minimum Gasteiger partial charge on any atom is -0.384 e. The highest BCUT2D eigenvalue weighted by Gasteiger charge is 2.14. The molecule has 1 aromatic heterocycles. The summed E-state index contributed by atoms with van der Waals surface area (Å²) in [4.78, 5) is 12.1. The second-order valence-corrected chi connectivity index (χ2v) is 4.80. The topological polar surface area (TPSA) is 59.0 Å². The first kappa shape index (κ1) is 14.4. The van der Waals surface area contributed by atoms with E-state index in [1.807, 2.05) is 32.2 Å². The second kappa shape index (κ2) is 5.54. The van der Waals surface area contributed by atoms with Gasteiger partial charge in [-0.1, -0.05) is 0 Å². The van der Waals surface area contributed by atoms with Gasteiger partial charge in [-0.25, -0.2) is 0 Å². The third-order valence-corrected chi connectivity index (χ3v) is 3.42. The Bertz CT molecular complexity index is 631. The van der Waals surface area contributed by atoms with E-state index in [1.54, 1.807) is 10.7 Å². The van der Waals surface area contributed by atoms with Crippen LogP contribution in [0.1, 0.15) is 21.7 Å². The Morgan fingerprint density at radius 3 is 2.90 bits per heavy atom. The fraction of sp³-hybridized carbons (Fsp3) is 0.286. The molecule has 0 radical (unpaired) electrons. The number of nitrogens with zero attached hydrogens (tertiary/aromatic N) is 2. The van der Waals surface area contributed by atoms with Crippen molar-refractivity contribution in [1.82, 2.24) is 9.78 Å². The first-order valence-electron chi connectivity index (χ1n) is 6.32. The van der Waals surface area contributed by atoms with Gasteiger partial charge in [-0.15, -0.1) is 12.4 Å². The smallest absolute Gasteiger partial charge is 0.276 e. The summed E-state index contributed by atoms with van der Waals surface area (Å²) in [6, 6.07) is 7.71. The summed E-state index contributed by atoms with van der Waals surface area (Å²) < 4.78 is 1.70. The minimum absolute atomic E-state index is 0. The summed E-state index contributed by atoms with van der Waals surface area (Å²) in [5.41, 5.74) is 4.62. The van der Waals surface area contributed by atoms with Crippen LogP contribution < -0.4 is 10.6 Å². The Balaban J connectivity index is 0.00000147. The Hall–Kier alpha value is -2.01. The fourth-order valence-electron chi connectivity index (χ4n) is 2.25. The molecule has 0 aliphatic carbocycles. The summed E-state index contributed by atoms with van der Waals surface area (Å²) in [7, 11) is 1.83. The van der Waals surface area contributed by atoms with Crippen LogP contribution in [-0.2, 0) is 13.5 Å². The van der Waals surface area contributed by atoms with Gasteiger partial charge in [0.2, 0.25) is 0 Å². The monoisotopic (exact) mass is 292 g/mol. The molecule has 5 nitrogen and oxygen atoms in total. The number of aryl methyl sites for hydroxylation is 2. The summed E-state index contributed by atoms with van der Waals surface area (Å²) in [5, 5.41) is 10.4. The number of nitrogens with one attached hydrogen (secondary N) is 2. The predicted molar refractivity (Wildman–Crippen MR) is 81.8 cm³/mol. The highest BCUT2D eigenvalue weighted by molar-refractivity contribution is 6.03. The summed E-state index contributed by atoms with van der Waals surface area (Å²) in [6.45, 7) is 2.89. The number of fused-ring (bicyclic) bond motifs is 1. The van der Waals surface area contributed by atoms with Crippen LogP contribution in [0.15, 0.2) is 24.3 Å². The maximum absolute atomic E-state index is 12.1. The molecule has 1 aliphatic rings. The molecule has 3 rings (SSSR count). The lowest BCUT2D eigenvalue weighted by atomic mass is 10.1. The Morgan fingerprint density at radius 1 is 1.40 bits per heavy atom. The number of anilines is 2. The average molecular weight is 293 g/mol. The molecular weight excluding hydrogens is 276 g/mol. The quantitative estimate of drug-likeness (QED) is 0.893. The first-order chi connectivity index (χ1) is 9.13. The molecule has 2 aromatic rings. The maximum Gasteiger partial charge on any atom is 0.276 e. The van der Waals surface area contributed by atoms with Gasteiger partial charge in [0, 0.05) is 30.7 Å². The molecule has 1 aromatic carbocycles. The molecule has 20 heavy (non-hydrogen) atoms. The fourth-order valence-corrected chi connectivity index (χ4v) is 2.25. The largest absolute Gasteiger partial charge is 0.384 e. The van der Waals surface area contributed by atoms with E-state index in [0.29, 0.717) is 5.69 Å². The lowest BCUT2D eigenvalue weighted by molar-refractivity contribution is 0.102. The normalized spacial score (nSPS) is 12.3. The van der Waals surface area contributed by atoms with Crippen molar-refractivity contribution < 1.29 is 4.79 Å². The zero-order valence-corrected chi connectivity index (χ0v) is 12.3. The van der Waals surface area contributed by atoms with Crippen LogP contribution in [0.25, 0.3) is 0 Å². The van der Waals surface area contributed by atoms with Gasteiger partial charge in [0.1, 0.15) is 0 Å². The number of hydrogen-bond acceptors (Lipinski definition) is 3. The summed E-state index contributed by atoms with van der Waals surface area (Å²) in [6.07, 6.45) is 1.00. The van der Waals surface area contributed by atoms with Crippen LogP contribution in [0.4, 0.5) is 11.4 Å². The van der Waals surface area contributed by atoms with Crippen molar-refractivity contribution in [2.45, 2.75) is 13.3 Å². The van der Waals surface area contributed by atoms with Crippen molar-refractivity contribution in [3.63, 3.8) is 0 Å². The number of amides is 1. The number of hydrogen-bond donors (Lipinski definition) is 2. The Morgan fingerprint density at radius 2 is 2.20 bits per heavy atom. The summed E-state index contributed by atoms with van der Waals surface area (Å²) >= 11 is 0. The molecule has 0 saturated heterocycles. The second-order valence-electron chi connectivity index (χ2n) is 4.80. The maximum atomic E-state index is 12.1. The lowest BCUT2D eigenvalue weighted by Crippen LogP contribution is -2.13. The van der Waals surface area contributed by atoms with E-state index in [2.05, 4.69) is 15.7 Å². The third-order valence-electron chi connectivity index (χ3n) is 3.42. The van der Waals surface area contributed by atoms with Gasteiger partial charge < -0.3 is 10.6 Å². The van der Waals surface area contributed by atoms with Crippen molar-refractivity contribution in [2.24, 2.45) is 7.05 Å². The van der Waals surface area contributed by atoms with Gasteiger partial charge in [0.15, 0.2) is 5.69 Å². The molecule has 0 atom stereocenters. The third kappa shape index (κ3) is 2.63. The van der Waals surface area contributed by atoms with Gasteiger partial charge in [-0.2, -0.15) is 5.10 Å². The number of halogens is 1. The van der Waals surface area contributed by atoms with E-state index in [9.17, 15) is 4.79 Å². The van der Waals surface area contributed by atoms with Crippen LogP contribution in [0, 0.1) is 6.92 Å². The zero-order chi connectivity index (χ0) is 13.4. The van der Waals surface area contributed by atoms with E-state index < -0.39 is 0 Å². The van der Waals surface area contributed by atoms with Gasteiger partial charge in [-0.3, -0.25) is 9.48 Å². The van der Waals surface area contributed by atoms with Gasteiger partial charge in [0.05, 0.1) is 0 Å². The van der Waals surface area contributed by atoms with Crippen LogP contribution in [0.2, 0.25) is 0 Å². The lowest BCUT2D eigenvalue weighted by Gasteiger charge is -2.05. The zero-order valence-electron chi connectivity index (χ0n) is 11.4. The molecule has 0 spiro atoms. The number of carbonyl (C=O) groups excluding carboxylic acids is 1. The molecule has 1 amide bonds. The molecule has 1 aliphatic heterocycles. The molecule has 106 valence electrons. The van der Waals surface area contributed by atoms with Crippen LogP contribution >= 0.6 is 12.4 Å². The number of carbonyl (C=O) groups is 1. The van der Waals surface area contributed by atoms with Crippen LogP contribution in [-0.4, -0.2) is 22.2 Å². The van der Waals surface area contributed by atoms with Crippen molar-refractivity contribution in [1.29, 1.82) is 0 Å². The molecular formula is C14H17ClN4O. The molecule has 0 saturated carbocycles. The van der Waals surface area contributed by atoms with E-state index in [4.69, 9.17) is 0 Å². The van der Waals surface area contributed by atoms with E-state index in [0.717, 1.165) is 30.0 Å². The molecule has 2 N–H and O–H groups in total. The molecule has 0 unspecified atom stereocenters. The van der Waals surface area contributed by atoms with Crippen molar-refractivity contribution in [3.8, 4) is 0 Å². The highest BCUT2D eigenvalue weighted by atomic mass is 35.5. The number of benzene rings is 1. The van der Waals surface area contributed by atoms with Gasteiger partial charge in [0.25, 0.3) is 5.91 Å². The summed E-state index contributed by atoms with van der Waals surface area (Å²) in [5.74, 6) is -0.172. The first-order valence-corrected chi connectivity index (χ1v) is 6.32. The number of aromatic nitrogens is 2. The van der Waals surface area contributed by atoms with E-state index >= 15 is 0 Å². The Labute approximate surface area is 123 Å². The SMILES string of the molecule is Cc1cc(C(=O)Nc2ccc3c(c2)CCN3)nn1C.Cl. The highest BCUT2D eigenvalue weighted by Crippen LogP contribution is 2.25. The minimum atomic E-state index is -0.172. The van der Waals surface area contributed by atoms with Crippen molar-refractivity contribution in [3.05, 3.63) is 41.2 Å². The average Bonchev–Trinajstić information content (AvgIpc) is 2.96. The standard InChI is InChI=1S/C14H16N4O.ClH/c1-9-7-13(17-18(9)2)14(19)16-11-3-4-12-10(8-11)5-6-15-12;/h3-4,7-8,15H,5-6H2,1-2H3,(H,16,19);1H. The molecule has 0 fully saturated rings. The molecule has 2 heterocycles. The van der Waals surface area contributed by atoms with Crippen LogP contribution in [0.3, 0.4) is 0 Å². The van der Waals surface area contributed by atoms with Crippen molar-refractivity contribution >= 4 is 29.7 Å². The van der Waals surface area contributed by atoms with Gasteiger partial charge in [-0.05, 0) is 43.2 Å². The van der Waals surface area contributed by atoms with E-state index in [-0.39, 0.29) is 18.3 Å². The Kier molecular flexibility index (Phi) is 3.99. The van der Waals surface area contributed by atoms with Crippen molar-refractivity contribution in [2.75, 3.05) is 17.2 Å². The molecule has 0 bridgehead atoms. The molecule has 6 heteroatoms. The van der Waals surface area contributed by atoms with E-state index in [1.165, 1.54) is 5.56 Å². The van der Waals surface area contributed by atoms with Gasteiger partial charge >= 0.3 is 0 Å². The van der Waals surface area contributed by atoms with Crippen LogP contribution in [0.5, 0.6) is 0 Å². The predicted octanol–water partition coefficient (Wildman–Crippen LogP) is 2.37.